The van der Waals surface area contributed by atoms with E-state index in [9.17, 15) is 23.6 Å². The summed E-state index contributed by atoms with van der Waals surface area (Å²) in [6, 6.07) is 17.2. The van der Waals surface area contributed by atoms with Crippen LogP contribution in [0.4, 0.5) is 10.1 Å². The average molecular weight is 481 g/mol. The summed E-state index contributed by atoms with van der Waals surface area (Å²) in [5.74, 6) is -3.74. The van der Waals surface area contributed by atoms with E-state index >= 15 is 0 Å². The molecule has 0 aliphatic carbocycles. The fourth-order valence-electron chi connectivity index (χ4n) is 5.55. The molecule has 2 amide bonds. The Kier molecular flexibility index (Phi) is 4.93. The van der Waals surface area contributed by atoms with E-state index in [1.165, 1.54) is 31.2 Å². The molecule has 6 rings (SSSR count). The fourth-order valence-corrected chi connectivity index (χ4v) is 5.55. The molecule has 0 bridgehead atoms. The van der Waals surface area contributed by atoms with Gasteiger partial charge in [-0.2, -0.15) is 5.10 Å². The van der Waals surface area contributed by atoms with Gasteiger partial charge in [-0.15, -0.1) is 0 Å². The van der Waals surface area contributed by atoms with E-state index < -0.39 is 47.3 Å². The van der Waals surface area contributed by atoms with E-state index in [1.54, 1.807) is 35.5 Å². The summed E-state index contributed by atoms with van der Waals surface area (Å²) >= 11 is 0. The van der Waals surface area contributed by atoms with Crippen molar-refractivity contribution in [3.05, 3.63) is 101 Å². The normalized spacial score (nSPS) is 23.9. The van der Waals surface area contributed by atoms with Crippen LogP contribution in [0.3, 0.4) is 0 Å². The highest BCUT2D eigenvalue weighted by Gasteiger charge is 2.65. The second kappa shape index (κ2) is 8.05. The lowest BCUT2D eigenvalue weighted by Crippen LogP contribution is -2.44. The Bertz CT molecular complexity index is 1460. The molecular weight excluding hydrogens is 461 g/mol. The van der Waals surface area contributed by atoms with E-state index in [-0.39, 0.29) is 11.3 Å². The SMILES string of the molecule is CC(=O)c1ccc(N2C(=O)[C@@H]3[C@H](C2=O)[C@H](C(=O)c2ccc(F)cc2)N2N=Cc4ccccc4[C@@H]32)cc1. The molecule has 3 aromatic carbocycles. The number of benzene rings is 3. The van der Waals surface area contributed by atoms with Crippen molar-refractivity contribution in [2.75, 3.05) is 4.90 Å². The molecule has 36 heavy (non-hydrogen) atoms. The summed E-state index contributed by atoms with van der Waals surface area (Å²) in [6.07, 6.45) is 1.63. The number of carbonyl (C=O) groups is 4. The number of hydrogen-bond acceptors (Lipinski definition) is 6. The first kappa shape index (κ1) is 22.0. The van der Waals surface area contributed by atoms with Crippen LogP contribution in [0.25, 0.3) is 0 Å². The van der Waals surface area contributed by atoms with Crippen molar-refractivity contribution in [3.63, 3.8) is 0 Å². The predicted octanol–water partition coefficient (Wildman–Crippen LogP) is 3.79. The van der Waals surface area contributed by atoms with E-state index in [0.29, 0.717) is 11.3 Å². The Labute approximate surface area is 205 Å². The quantitative estimate of drug-likeness (QED) is 0.418. The fraction of sp³-hybridized carbons (Fsp3) is 0.179. The van der Waals surface area contributed by atoms with Crippen LogP contribution in [-0.2, 0) is 9.59 Å². The molecule has 0 saturated carbocycles. The molecule has 0 aromatic heterocycles. The molecule has 3 aromatic rings. The monoisotopic (exact) mass is 481 g/mol. The van der Waals surface area contributed by atoms with Crippen molar-refractivity contribution in [1.29, 1.82) is 0 Å². The number of carbonyl (C=O) groups excluding carboxylic acids is 4. The van der Waals surface area contributed by atoms with Crippen molar-refractivity contribution >= 4 is 35.3 Å². The van der Waals surface area contributed by atoms with Crippen molar-refractivity contribution in [2.45, 2.75) is 19.0 Å². The zero-order valence-electron chi connectivity index (χ0n) is 19.2. The number of fused-ring (bicyclic) bond motifs is 5. The third kappa shape index (κ3) is 3.14. The molecule has 0 unspecified atom stereocenters. The van der Waals surface area contributed by atoms with E-state index in [4.69, 9.17) is 0 Å². The standard InChI is InChI=1S/C28H20FN3O4/c1-15(33)16-8-12-20(13-9-16)31-27(35)22-23(28(31)36)25(26(34)17-6-10-19(29)11-7-17)32-24(22)21-5-3-2-4-18(21)14-30-32/h2-14,22-25H,1H3/t22-,23+,24+,25-/m1/s1. The minimum Gasteiger partial charge on any atom is -0.295 e. The van der Waals surface area contributed by atoms with Gasteiger partial charge in [0.1, 0.15) is 11.9 Å². The number of imide groups is 1. The van der Waals surface area contributed by atoms with Gasteiger partial charge < -0.3 is 0 Å². The Hall–Kier alpha value is -4.46. The van der Waals surface area contributed by atoms with Gasteiger partial charge in [0.15, 0.2) is 11.6 Å². The minimum absolute atomic E-state index is 0.130. The largest absolute Gasteiger partial charge is 0.295 e. The zero-order valence-corrected chi connectivity index (χ0v) is 19.2. The molecule has 3 aliphatic heterocycles. The summed E-state index contributed by atoms with van der Waals surface area (Å²) in [7, 11) is 0. The number of halogens is 1. The minimum atomic E-state index is -1.03. The van der Waals surface area contributed by atoms with E-state index in [2.05, 4.69) is 5.10 Å². The number of ketones is 2. The van der Waals surface area contributed by atoms with Gasteiger partial charge in [-0.1, -0.05) is 24.3 Å². The summed E-state index contributed by atoms with van der Waals surface area (Å²) in [5, 5.41) is 6.08. The first-order chi connectivity index (χ1) is 17.4. The summed E-state index contributed by atoms with van der Waals surface area (Å²) in [5.41, 5.74) is 2.67. The zero-order chi connectivity index (χ0) is 25.1. The van der Waals surface area contributed by atoms with Crippen LogP contribution in [0.15, 0.2) is 77.9 Å². The topological polar surface area (TPSA) is 87.1 Å². The van der Waals surface area contributed by atoms with Gasteiger partial charge in [0.25, 0.3) is 0 Å². The lowest BCUT2D eigenvalue weighted by atomic mass is 9.83. The maximum Gasteiger partial charge on any atom is 0.240 e. The van der Waals surface area contributed by atoms with Crippen molar-refractivity contribution in [3.8, 4) is 0 Å². The van der Waals surface area contributed by atoms with Crippen LogP contribution in [0.5, 0.6) is 0 Å². The highest BCUT2D eigenvalue weighted by atomic mass is 19.1. The molecular formula is C28H20FN3O4. The first-order valence-electron chi connectivity index (χ1n) is 11.6. The Morgan fingerprint density at radius 1 is 0.833 bits per heavy atom. The second-order valence-corrected chi connectivity index (χ2v) is 9.18. The smallest absolute Gasteiger partial charge is 0.240 e. The van der Waals surface area contributed by atoms with Crippen LogP contribution in [0.1, 0.15) is 44.8 Å². The van der Waals surface area contributed by atoms with Crippen LogP contribution in [-0.4, -0.2) is 40.6 Å². The number of Topliss-reactive ketones (excluding diaryl/α,β-unsaturated/α-hetero) is 2. The molecule has 2 saturated heterocycles. The predicted molar refractivity (Wildman–Crippen MR) is 129 cm³/mol. The van der Waals surface area contributed by atoms with Crippen LogP contribution < -0.4 is 4.90 Å². The molecule has 2 fully saturated rings. The summed E-state index contributed by atoms with van der Waals surface area (Å²) in [6.45, 7) is 1.44. The van der Waals surface area contributed by atoms with Crippen LogP contribution in [0.2, 0.25) is 0 Å². The number of rotatable bonds is 4. The van der Waals surface area contributed by atoms with Crippen LogP contribution in [0, 0.1) is 17.7 Å². The number of anilines is 1. The second-order valence-electron chi connectivity index (χ2n) is 9.18. The Balaban J connectivity index is 1.47. The maximum absolute atomic E-state index is 13.8. The Morgan fingerprint density at radius 3 is 2.17 bits per heavy atom. The highest BCUT2D eigenvalue weighted by molar-refractivity contribution is 6.24. The van der Waals surface area contributed by atoms with E-state index in [1.807, 2.05) is 24.3 Å². The van der Waals surface area contributed by atoms with Gasteiger partial charge in [-0.05, 0) is 66.6 Å². The van der Waals surface area contributed by atoms with Gasteiger partial charge in [-0.25, -0.2) is 9.29 Å². The van der Waals surface area contributed by atoms with E-state index in [0.717, 1.165) is 16.0 Å². The molecule has 3 heterocycles. The van der Waals surface area contributed by atoms with Gasteiger partial charge in [0.2, 0.25) is 11.8 Å². The Morgan fingerprint density at radius 2 is 1.47 bits per heavy atom. The molecule has 3 aliphatic rings. The summed E-state index contributed by atoms with van der Waals surface area (Å²) < 4.78 is 13.5. The molecule has 8 heteroatoms. The molecule has 0 spiro atoms. The number of nitrogens with zero attached hydrogens (tertiary/aromatic N) is 3. The van der Waals surface area contributed by atoms with Gasteiger partial charge in [-0.3, -0.25) is 24.2 Å². The third-order valence-corrected chi connectivity index (χ3v) is 7.22. The van der Waals surface area contributed by atoms with Gasteiger partial charge in [0, 0.05) is 11.1 Å². The average Bonchev–Trinajstić information content (AvgIpc) is 3.36. The maximum atomic E-state index is 13.8. The molecule has 178 valence electrons. The lowest BCUT2D eigenvalue weighted by Gasteiger charge is -2.33. The highest BCUT2D eigenvalue weighted by Crippen LogP contribution is 2.53. The number of hydrazone groups is 1. The molecule has 0 radical (unpaired) electrons. The van der Waals surface area contributed by atoms with Crippen molar-refractivity contribution in [2.24, 2.45) is 16.9 Å². The number of hydrogen-bond donors (Lipinski definition) is 0. The lowest BCUT2D eigenvalue weighted by molar-refractivity contribution is -0.124. The van der Waals surface area contributed by atoms with Crippen LogP contribution >= 0.6 is 0 Å². The van der Waals surface area contributed by atoms with Gasteiger partial charge >= 0.3 is 0 Å². The van der Waals surface area contributed by atoms with Crippen molar-refractivity contribution in [1.82, 2.24) is 5.01 Å². The van der Waals surface area contributed by atoms with Crippen molar-refractivity contribution < 1.29 is 23.6 Å². The first-order valence-corrected chi connectivity index (χ1v) is 11.6. The molecule has 7 nitrogen and oxygen atoms in total. The number of amides is 2. The third-order valence-electron chi connectivity index (χ3n) is 7.22. The summed E-state index contributed by atoms with van der Waals surface area (Å²) in [4.78, 5) is 54.2. The van der Waals surface area contributed by atoms with Gasteiger partial charge in [0.05, 0.1) is 29.8 Å². The molecule has 0 N–H and O–H groups in total. The molecule has 4 atom stereocenters.